The minimum Gasteiger partial charge on any atom is -0.385 e. The molecule has 22 heavy (non-hydrogen) atoms. The van der Waals surface area contributed by atoms with Crippen molar-refractivity contribution in [3.8, 4) is 5.69 Å². The van der Waals surface area contributed by atoms with Crippen LogP contribution in [0.1, 0.15) is 21.7 Å². The van der Waals surface area contributed by atoms with E-state index in [1.165, 1.54) is 11.3 Å². The summed E-state index contributed by atoms with van der Waals surface area (Å²) in [6.07, 6.45) is 0.756. The summed E-state index contributed by atoms with van der Waals surface area (Å²) in [5.74, 6) is 0.179. The SMILES string of the molecule is COCCCNC(=O)c1sc(=S)n(-c2ccc(C)cc2)c1N. The first-order valence-electron chi connectivity index (χ1n) is 6.90. The van der Waals surface area contributed by atoms with Crippen LogP contribution in [-0.4, -0.2) is 30.7 Å². The Morgan fingerprint density at radius 3 is 2.73 bits per heavy atom. The van der Waals surface area contributed by atoms with Crippen LogP contribution < -0.4 is 11.1 Å². The summed E-state index contributed by atoms with van der Waals surface area (Å²) >= 11 is 6.57. The molecule has 0 unspecified atom stereocenters. The summed E-state index contributed by atoms with van der Waals surface area (Å²) in [5, 5.41) is 2.83. The summed E-state index contributed by atoms with van der Waals surface area (Å²) in [5.41, 5.74) is 8.14. The van der Waals surface area contributed by atoms with Crippen LogP contribution in [0.5, 0.6) is 0 Å². The molecule has 0 aliphatic heterocycles. The molecule has 2 aromatic rings. The molecule has 0 spiro atoms. The predicted molar refractivity (Wildman–Crippen MR) is 92.5 cm³/mol. The Balaban J connectivity index is 2.22. The number of hydrogen-bond donors (Lipinski definition) is 2. The Bertz CT molecular complexity index is 705. The van der Waals surface area contributed by atoms with Crippen molar-refractivity contribution >= 4 is 35.3 Å². The molecule has 0 fully saturated rings. The van der Waals surface area contributed by atoms with Gasteiger partial charge in [-0.15, -0.1) is 0 Å². The standard InChI is InChI=1S/C15H19N3O2S2/c1-10-4-6-11(7-5-10)18-13(16)12(22-15(18)21)14(19)17-8-3-9-20-2/h4-7H,3,8-9,16H2,1-2H3,(H,17,19). The van der Waals surface area contributed by atoms with Gasteiger partial charge >= 0.3 is 0 Å². The molecule has 1 heterocycles. The van der Waals surface area contributed by atoms with E-state index < -0.39 is 0 Å². The Kier molecular flexibility index (Phi) is 5.70. The molecule has 1 aromatic carbocycles. The maximum Gasteiger partial charge on any atom is 0.265 e. The van der Waals surface area contributed by atoms with Crippen LogP contribution in [0.4, 0.5) is 5.82 Å². The summed E-state index contributed by atoms with van der Waals surface area (Å²) in [4.78, 5) is 12.6. The molecule has 0 saturated carbocycles. The second-order valence-corrected chi connectivity index (χ2v) is 6.50. The van der Waals surface area contributed by atoms with Crippen molar-refractivity contribution in [2.24, 2.45) is 0 Å². The third-order valence-electron chi connectivity index (χ3n) is 3.15. The summed E-state index contributed by atoms with van der Waals surface area (Å²) in [6, 6.07) is 7.85. The van der Waals surface area contributed by atoms with Gasteiger partial charge in [0, 0.05) is 25.9 Å². The lowest BCUT2D eigenvalue weighted by Gasteiger charge is -2.07. The van der Waals surface area contributed by atoms with Crippen LogP contribution in [0.15, 0.2) is 24.3 Å². The van der Waals surface area contributed by atoms with Crippen LogP contribution in [-0.2, 0) is 4.74 Å². The van der Waals surface area contributed by atoms with Crippen LogP contribution in [0.2, 0.25) is 0 Å². The molecule has 0 bridgehead atoms. The fraction of sp³-hybridized carbons (Fsp3) is 0.333. The molecule has 118 valence electrons. The Morgan fingerprint density at radius 2 is 2.09 bits per heavy atom. The highest BCUT2D eigenvalue weighted by Gasteiger charge is 2.17. The number of rotatable bonds is 6. The largest absolute Gasteiger partial charge is 0.385 e. The van der Waals surface area contributed by atoms with Gasteiger partial charge in [0.1, 0.15) is 10.7 Å². The third-order valence-corrected chi connectivity index (χ3v) is 4.54. The molecular weight excluding hydrogens is 318 g/mol. The van der Waals surface area contributed by atoms with Crippen molar-refractivity contribution in [2.75, 3.05) is 26.0 Å². The van der Waals surface area contributed by atoms with E-state index in [1.807, 2.05) is 31.2 Å². The molecule has 0 aliphatic rings. The zero-order valence-electron chi connectivity index (χ0n) is 12.6. The van der Waals surface area contributed by atoms with Crippen molar-refractivity contribution in [3.05, 3.63) is 38.7 Å². The summed E-state index contributed by atoms with van der Waals surface area (Å²) in [7, 11) is 1.63. The molecule has 1 aromatic heterocycles. The summed E-state index contributed by atoms with van der Waals surface area (Å²) in [6.45, 7) is 3.16. The number of methoxy groups -OCH3 is 1. The second-order valence-electron chi connectivity index (χ2n) is 4.86. The number of aromatic nitrogens is 1. The third kappa shape index (κ3) is 3.73. The second kappa shape index (κ2) is 7.53. The first-order chi connectivity index (χ1) is 10.5. The van der Waals surface area contributed by atoms with E-state index in [9.17, 15) is 4.79 Å². The predicted octanol–water partition coefficient (Wildman–Crippen LogP) is 2.93. The van der Waals surface area contributed by atoms with Crippen molar-refractivity contribution in [1.82, 2.24) is 9.88 Å². The van der Waals surface area contributed by atoms with Gasteiger partial charge in [-0.1, -0.05) is 29.0 Å². The maximum absolute atomic E-state index is 12.2. The molecule has 0 radical (unpaired) electrons. The van der Waals surface area contributed by atoms with Gasteiger partial charge in [-0.2, -0.15) is 0 Å². The highest BCUT2D eigenvalue weighted by molar-refractivity contribution is 7.73. The minimum atomic E-state index is -0.199. The number of carbonyl (C=O) groups is 1. The number of nitrogens with one attached hydrogen (secondary N) is 1. The number of benzene rings is 1. The minimum absolute atomic E-state index is 0.199. The van der Waals surface area contributed by atoms with Crippen LogP contribution in [0, 0.1) is 10.9 Å². The number of amides is 1. The van der Waals surface area contributed by atoms with Gasteiger partial charge in [-0.05, 0) is 37.7 Å². The van der Waals surface area contributed by atoms with Crippen molar-refractivity contribution in [3.63, 3.8) is 0 Å². The highest BCUT2D eigenvalue weighted by Crippen LogP contribution is 2.26. The van der Waals surface area contributed by atoms with Gasteiger partial charge in [-0.3, -0.25) is 9.36 Å². The average molecular weight is 337 g/mol. The van der Waals surface area contributed by atoms with Crippen LogP contribution >= 0.6 is 23.6 Å². The van der Waals surface area contributed by atoms with Crippen LogP contribution in [0.3, 0.4) is 0 Å². The Morgan fingerprint density at radius 1 is 1.41 bits per heavy atom. The molecule has 0 saturated heterocycles. The van der Waals surface area contributed by atoms with E-state index in [2.05, 4.69) is 5.32 Å². The topological polar surface area (TPSA) is 69.3 Å². The molecule has 5 nitrogen and oxygen atoms in total. The van der Waals surface area contributed by atoms with E-state index >= 15 is 0 Å². The number of anilines is 1. The molecule has 2 rings (SSSR count). The van der Waals surface area contributed by atoms with Crippen molar-refractivity contribution in [1.29, 1.82) is 0 Å². The van der Waals surface area contributed by atoms with Gasteiger partial charge in [0.05, 0.1) is 0 Å². The molecule has 0 aliphatic carbocycles. The number of hydrogen-bond acceptors (Lipinski definition) is 5. The Hall–Kier alpha value is -1.70. The maximum atomic E-state index is 12.2. The van der Waals surface area contributed by atoms with E-state index in [1.54, 1.807) is 11.7 Å². The van der Waals surface area contributed by atoms with E-state index in [0.717, 1.165) is 17.7 Å². The summed E-state index contributed by atoms with van der Waals surface area (Å²) < 4.78 is 7.23. The first-order valence-corrected chi connectivity index (χ1v) is 8.12. The molecule has 1 amide bonds. The lowest BCUT2D eigenvalue weighted by molar-refractivity contribution is 0.0953. The fourth-order valence-electron chi connectivity index (χ4n) is 1.98. The molecular formula is C15H19N3O2S2. The van der Waals surface area contributed by atoms with Gasteiger partial charge in [0.2, 0.25) is 0 Å². The number of carbonyl (C=O) groups excluding carboxylic acids is 1. The lowest BCUT2D eigenvalue weighted by atomic mass is 10.2. The first kappa shape index (κ1) is 16.7. The lowest BCUT2D eigenvalue weighted by Crippen LogP contribution is -2.25. The number of nitrogens with two attached hydrogens (primary N) is 1. The van der Waals surface area contributed by atoms with Gasteiger partial charge < -0.3 is 15.8 Å². The number of nitrogen functional groups attached to an aromatic ring is 1. The normalized spacial score (nSPS) is 10.6. The van der Waals surface area contributed by atoms with E-state index in [-0.39, 0.29) is 5.91 Å². The van der Waals surface area contributed by atoms with E-state index in [0.29, 0.717) is 27.8 Å². The highest BCUT2D eigenvalue weighted by atomic mass is 32.1. The average Bonchev–Trinajstić information content (AvgIpc) is 2.80. The van der Waals surface area contributed by atoms with Gasteiger partial charge in [0.25, 0.3) is 5.91 Å². The molecule has 7 heteroatoms. The zero-order chi connectivity index (χ0) is 16.1. The van der Waals surface area contributed by atoms with E-state index in [4.69, 9.17) is 22.7 Å². The quantitative estimate of drug-likeness (QED) is 0.628. The van der Waals surface area contributed by atoms with Gasteiger partial charge in [0.15, 0.2) is 3.95 Å². The number of thiazole rings is 1. The monoisotopic (exact) mass is 337 g/mol. The zero-order valence-corrected chi connectivity index (χ0v) is 14.2. The molecule has 3 N–H and O–H groups in total. The number of ether oxygens (including phenoxy) is 1. The van der Waals surface area contributed by atoms with Crippen LogP contribution in [0.25, 0.3) is 5.69 Å². The Labute approximate surface area is 138 Å². The molecule has 0 atom stereocenters. The fourth-order valence-corrected chi connectivity index (χ4v) is 3.27. The van der Waals surface area contributed by atoms with Gasteiger partial charge in [-0.25, -0.2) is 0 Å². The van der Waals surface area contributed by atoms with Crippen molar-refractivity contribution in [2.45, 2.75) is 13.3 Å². The number of nitrogens with zero attached hydrogens (tertiary/aromatic N) is 1. The number of aryl methyl sites for hydroxylation is 1. The van der Waals surface area contributed by atoms with Crippen molar-refractivity contribution < 1.29 is 9.53 Å². The smallest absolute Gasteiger partial charge is 0.265 e.